The Bertz CT molecular complexity index is 734. The van der Waals surface area contributed by atoms with Gasteiger partial charge in [0.05, 0.1) is 11.5 Å². The number of terminal acetylenes is 1. The maximum absolute atomic E-state index is 12.4. The van der Waals surface area contributed by atoms with Gasteiger partial charge in [0.2, 0.25) is 0 Å². The van der Waals surface area contributed by atoms with Crippen LogP contribution in [0.1, 0.15) is 12.5 Å². The van der Waals surface area contributed by atoms with E-state index in [0.717, 1.165) is 5.56 Å². The average Bonchev–Trinajstić information content (AvgIpc) is 2.82. The topological polar surface area (TPSA) is 38.8 Å². The number of rotatable bonds is 7. The lowest BCUT2D eigenvalue weighted by Crippen LogP contribution is -2.27. The number of benzene rings is 1. The van der Waals surface area contributed by atoms with E-state index in [0.29, 0.717) is 33.9 Å². The lowest BCUT2D eigenvalue weighted by atomic mass is 10.2. The molecule has 1 amide bonds. The summed E-state index contributed by atoms with van der Waals surface area (Å²) in [6.45, 7) is 6.60. The molecule has 0 N–H and O–H groups in total. The number of thioether (sulfide) groups is 1. The maximum Gasteiger partial charge on any atom is 0.266 e. The fourth-order valence-corrected chi connectivity index (χ4v) is 3.33. The van der Waals surface area contributed by atoms with E-state index in [9.17, 15) is 4.79 Å². The summed E-state index contributed by atoms with van der Waals surface area (Å²) in [7, 11) is 0. The quantitative estimate of drug-likeness (QED) is 0.323. The van der Waals surface area contributed by atoms with Crippen molar-refractivity contribution in [2.24, 2.45) is 0 Å². The van der Waals surface area contributed by atoms with Crippen molar-refractivity contribution in [1.82, 2.24) is 4.90 Å². The Morgan fingerprint density at radius 3 is 2.88 bits per heavy atom. The van der Waals surface area contributed by atoms with Gasteiger partial charge in [-0.25, -0.2) is 0 Å². The molecular weight excluding hydrogens is 342 g/mol. The van der Waals surface area contributed by atoms with Crippen molar-refractivity contribution in [3.8, 4) is 23.8 Å². The first-order chi connectivity index (χ1) is 11.6. The highest BCUT2D eigenvalue weighted by Crippen LogP contribution is 2.34. The third-order valence-corrected chi connectivity index (χ3v) is 4.44. The van der Waals surface area contributed by atoms with E-state index in [1.807, 2.05) is 19.1 Å². The average molecular weight is 359 g/mol. The van der Waals surface area contributed by atoms with Crippen molar-refractivity contribution in [3.63, 3.8) is 0 Å². The van der Waals surface area contributed by atoms with E-state index in [-0.39, 0.29) is 12.5 Å². The zero-order valence-corrected chi connectivity index (χ0v) is 14.9. The standard InChI is InChI=1S/C18H17NO3S2/c1-4-9-19-17(20)16(24-18(19)23)12-13-7-8-14(22-10-5-2)15(11-13)21-6-3/h2,4,7-8,11-12H,1,6,9-10H2,3H3/b16-12-. The molecule has 1 aromatic rings. The summed E-state index contributed by atoms with van der Waals surface area (Å²) < 4.78 is 11.6. The van der Waals surface area contributed by atoms with Crippen molar-refractivity contribution < 1.29 is 14.3 Å². The van der Waals surface area contributed by atoms with Crippen LogP contribution in [0.2, 0.25) is 0 Å². The van der Waals surface area contributed by atoms with Crippen LogP contribution < -0.4 is 9.47 Å². The molecule has 1 aromatic carbocycles. The fraction of sp³-hybridized carbons (Fsp3) is 0.222. The Morgan fingerprint density at radius 2 is 2.21 bits per heavy atom. The molecule has 0 unspecified atom stereocenters. The number of carbonyl (C=O) groups is 1. The van der Waals surface area contributed by atoms with E-state index in [2.05, 4.69) is 12.5 Å². The molecule has 24 heavy (non-hydrogen) atoms. The van der Waals surface area contributed by atoms with Crippen LogP contribution >= 0.6 is 24.0 Å². The van der Waals surface area contributed by atoms with Crippen molar-refractivity contribution >= 4 is 40.3 Å². The van der Waals surface area contributed by atoms with Crippen molar-refractivity contribution in [3.05, 3.63) is 41.3 Å². The van der Waals surface area contributed by atoms with Crippen molar-refractivity contribution in [1.29, 1.82) is 0 Å². The van der Waals surface area contributed by atoms with Crippen LogP contribution in [0.25, 0.3) is 6.08 Å². The van der Waals surface area contributed by atoms with Crippen LogP contribution in [0, 0.1) is 12.3 Å². The second kappa shape index (κ2) is 8.57. The molecule has 0 radical (unpaired) electrons. The van der Waals surface area contributed by atoms with E-state index < -0.39 is 0 Å². The van der Waals surface area contributed by atoms with Gasteiger partial charge in [0.25, 0.3) is 5.91 Å². The van der Waals surface area contributed by atoms with Crippen molar-refractivity contribution in [2.75, 3.05) is 19.8 Å². The minimum Gasteiger partial charge on any atom is -0.490 e. The largest absolute Gasteiger partial charge is 0.490 e. The molecule has 1 aliphatic heterocycles. The van der Waals surface area contributed by atoms with Crippen LogP contribution in [0.5, 0.6) is 11.5 Å². The van der Waals surface area contributed by atoms with Crippen LogP contribution in [0.15, 0.2) is 35.8 Å². The van der Waals surface area contributed by atoms with E-state index in [1.54, 1.807) is 18.2 Å². The summed E-state index contributed by atoms with van der Waals surface area (Å²) in [5, 5.41) is 0. The lowest BCUT2D eigenvalue weighted by Gasteiger charge is -2.11. The van der Waals surface area contributed by atoms with Gasteiger partial charge in [0.15, 0.2) is 11.5 Å². The van der Waals surface area contributed by atoms with E-state index in [1.165, 1.54) is 16.7 Å². The lowest BCUT2D eigenvalue weighted by molar-refractivity contribution is -0.121. The van der Waals surface area contributed by atoms with Gasteiger partial charge in [-0.2, -0.15) is 0 Å². The van der Waals surface area contributed by atoms with Gasteiger partial charge in [-0.1, -0.05) is 42.0 Å². The summed E-state index contributed by atoms with van der Waals surface area (Å²) in [5.74, 6) is 3.47. The molecule has 0 bridgehead atoms. The molecule has 0 aromatic heterocycles. The SMILES string of the molecule is C#CCOc1ccc(/C=C2\SC(=S)N(CC=C)C2=O)cc1OCC. The molecule has 2 rings (SSSR count). The third kappa shape index (κ3) is 4.19. The third-order valence-electron chi connectivity index (χ3n) is 3.06. The minimum absolute atomic E-state index is 0.115. The van der Waals surface area contributed by atoms with Crippen LogP contribution in [-0.4, -0.2) is 34.9 Å². The minimum atomic E-state index is -0.115. The van der Waals surface area contributed by atoms with Gasteiger partial charge in [-0.15, -0.1) is 13.0 Å². The number of ether oxygens (including phenoxy) is 2. The second-order valence-electron chi connectivity index (χ2n) is 4.71. The molecule has 0 aliphatic carbocycles. The van der Waals surface area contributed by atoms with E-state index in [4.69, 9.17) is 28.1 Å². The Labute approximate surface area is 151 Å². The first-order valence-electron chi connectivity index (χ1n) is 7.30. The Balaban J connectivity index is 2.27. The van der Waals surface area contributed by atoms with Gasteiger partial charge in [-0.3, -0.25) is 9.69 Å². The highest BCUT2D eigenvalue weighted by molar-refractivity contribution is 8.26. The number of hydrogen-bond donors (Lipinski definition) is 0. The first kappa shape index (κ1) is 18.1. The number of hydrogen-bond acceptors (Lipinski definition) is 5. The predicted octanol–water partition coefficient (Wildman–Crippen LogP) is 3.48. The summed E-state index contributed by atoms with van der Waals surface area (Å²) in [6.07, 6.45) is 8.65. The Morgan fingerprint density at radius 1 is 1.42 bits per heavy atom. The molecule has 0 saturated carbocycles. The molecule has 0 spiro atoms. The fourth-order valence-electron chi connectivity index (χ4n) is 2.06. The zero-order valence-electron chi connectivity index (χ0n) is 13.3. The summed E-state index contributed by atoms with van der Waals surface area (Å²) in [5.41, 5.74) is 0.825. The van der Waals surface area contributed by atoms with Gasteiger partial charge >= 0.3 is 0 Å². The maximum atomic E-state index is 12.4. The molecule has 1 heterocycles. The van der Waals surface area contributed by atoms with E-state index >= 15 is 0 Å². The number of nitrogens with zero attached hydrogens (tertiary/aromatic N) is 1. The molecule has 1 fully saturated rings. The van der Waals surface area contributed by atoms with Crippen LogP contribution in [0.4, 0.5) is 0 Å². The second-order valence-corrected chi connectivity index (χ2v) is 6.39. The highest BCUT2D eigenvalue weighted by atomic mass is 32.2. The van der Waals surface area contributed by atoms with Gasteiger partial charge < -0.3 is 9.47 Å². The summed E-state index contributed by atoms with van der Waals surface area (Å²) >= 11 is 6.50. The predicted molar refractivity (Wildman–Crippen MR) is 102 cm³/mol. The highest BCUT2D eigenvalue weighted by Gasteiger charge is 2.30. The smallest absolute Gasteiger partial charge is 0.266 e. The van der Waals surface area contributed by atoms with Gasteiger partial charge in [0.1, 0.15) is 10.9 Å². The molecule has 4 nitrogen and oxygen atoms in total. The molecule has 0 atom stereocenters. The monoisotopic (exact) mass is 359 g/mol. The zero-order chi connectivity index (χ0) is 17.5. The normalized spacial score (nSPS) is 15.5. The summed E-state index contributed by atoms with van der Waals surface area (Å²) in [6, 6.07) is 5.43. The Kier molecular flexibility index (Phi) is 6.47. The van der Waals surface area contributed by atoms with Gasteiger partial charge in [0, 0.05) is 6.54 Å². The first-order valence-corrected chi connectivity index (χ1v) is 8.52. The van der Waals surface area contributed by atoms with Crippen LogP contribution in [0.3, 0.4) is 0 Å². The number of carbonyl (C=O) groups excluding carboxylic acids is 1. The molecule has 124 valence electrons. The van der Waals surface area contributed by atoms with Gasteiger partial charge in [-0.05, 0) is 30.7 Å². The number of thiocarbonyl (C=S) groups is 1. The van der Waals surface area contributed by atoms with Crippen molar-refractivity contribution in [2.45, 2.75) is 6.92 Å². The summed E-state index contributed by atoms with van der Waals surface area (Å²) in [4.78, 5) is 14.4. The molecule has 1 aliphatic rings. The molecule has 1 saturated heterocycles. The van der Waals surface area contributed by atoms with Crippen LogP contribution in [-0.2, 0) is 4.79 Å². The Hall–Kier alpha value is -2.23. The number of amides is 1. The molecular formula is C18H17NO3S2. The molecule has 6 heteroatoms.